The van der Waals surface area contributed by atoms with E-state index in [0.29, 0.717) is 0 Å². The molecule has 2 amide bonds. The van der Waals surface area contributed by atoms with Crippen molar-refractivity contribution >= 4 is 22.6 Å². The van der Waals surface area contributed by atoms with Gasteiger partial charge in [0.1, 0.15) is 0 Å². The van der Waals surface area contributed by atoms with Crippen molar-refractivity contribution in [3.05, 3.63) is 65.4 Å². The molecule has 3 aromatic rings. The smallest absolute Gasteiger partial charge is 0.319 e. The molecule has 3 N–H and O–H groups in total. The van der Waals surface area contributed by atoms with Crippen molar-refractivity contribution in [3.63, 3.8) is 0 Å². The van der Waals surface area contributed by atoms with Crippen LogP contribution in [0.4, 0.5) is 10.5 Å². The third-order valence-corrected chi connectivity index (χ3v) is 4.51. The second-order valence-electron chi connectivity index (χ2n) is 6.39. The zero-order valence-corrected chi connectivity index (χ0v) is 14.7. The van der Waals surface area contributed by atoms with Gasteiger partial charge in [0, 0.05) is 31.0 Å². The molecule has 0 aliphatic carbocycles. The summed E-state index contributed by atoms with van der Waals surface area (Å²) < 4.78 is 2.03. The molecular formula is C20H23N3O2. The van der Waals surface area contributed by atoms with Crippen LogP contribution in [-0.4, -0.2) is 22.2 Å². The van der Waals surface area contributed by atoms with Crippen LogP contribution in [-0.2, 0) is 7.05 Å². The number of nitrogens with one attached hydrogen (secondary N) is 2. The summed E-state index contributed by atoms with van der Waals surface area (Å²) in [4.78, 5) is 12.0. The van der Waals surface area contributed by atoms with Gasteiger partial charge in [0.05, 0.1) is 6.10 Å². The number of carbonyl (C=O) groups excluding carboxylic acids is 1. The average Bonchev–Trinajstić information content (AvgIpc) is 2.96. The summed E-state index contributed by atoms with van der Waals surface area (Å²) in [6.07, 6.45) is 1.23. The summed E-state index contributed by atoms with van der Waals surface area (Å²) in [5, 5.41) is 16.9. The van der Waals surface area contributed by atoms with Crippen molar-refractivity contribution in [2.75, 3.05) is 11.9 Å². The van der Waals surface area contributed by atoms with Crippen molar-refractivity contribution in [2.45, 2.75) is 20.0 Å². The SMILES string of the molecule is Cc1ccc(NC(=O)NC[C@@H](O)c2ccc3c(ccn3C)c2)cc1C. The second-order valence-corrected chi connectivity index (χ2v) is 6.39. The van der Waals surface area contributed by atoms with Crippen LogP contribution in [0, 0.1) is 13.8 Å². The predicted octanol–water partition coefficient (Wildman–Crippen LogP) is 3.65. The number of hydrogen-bond acceptors (Lipinski definition) is 2. The molecule has 1 atom stereocenters. The number of rotatable bonds is 4. The number of nitrogens with zero attached hydrogens (tertiary/aromatic N) is 1. The first-order valence-electron chi connectivity index (χ1n) is 8.29. The van der Waals surface area contributed by atoms with Crippen molar-refractivity contribution in [2.24, 2.45) is 7.05 Å². The Morgan fingerprint density at radius 2 is 1.92 bits per heavy atom. The quantitative estimate of drug-likeness (QED) is 0.680. The van der Waals surface area contributed by atoms with E-state index < -0.39 is 6.10 Å². The van der Waals surface area contributed by atoms with E-state index in [-0.39, 0.29) is 12.6 Å². The number of aryl methyl sites for hydroxylation is 3. The standard InChI is InChI=1S/C20H23N3O2/c1-13-4-6-17(10-14(13)2)22-20(25)21-12-19(24)16-5-7-18-15(11-16)8-9-23(18)3/h4-11,19,24H,12H2,1-3H3,(H2,21,22,25)/t19-/m1/s1. The van der Waals surface area contributed by atoms with Gasteiger partial charge in [0.2, 0.25) is 0 Å². The molecule has 2 aromatic carbocycles. The van der Waals surface area contributed by atoms with Crippen LogP contribution in [0.2, 0.25) is 0 Å². The number of aromatic nitrogens is 1. The van der Waals surface area contributed by atoms with Gasteiger partial charge in [-0.2, -0.15) is 0 Å². The second kappa shape index (κ2) is 6.99. The maximum atomic E-state index is 12.0. The summed E-state index contributed by atoms with van der Waals surface area (Å²) in [6, 6.07) is 13.2. The molecule has 0 aliphatic rings. The number of amides is 2. The topological polar surface area (TPSA) is 66.3 Å². The monoisotopic (exact) mass is 337 g/mol. The van der Waals surface area contributed by atoms with Gasteiger partial charge in [-0.25, -0.2) is 4.79 Å². The summed E-state index contributed by atoms with van der Waals surface area (Å²) in [5.74, 6) is 0. The van der Waals surface area contributed by atoms with Crippen LogP contribution in [0.15, 0.2) is 48.7 Å². The first kappa shape index (κ1) is 17.0. The Kier molecular flexibility index (Phi) is 4.76. The van der Waals surface area contributed by atoms with Gasteiger partial charge in [-0.1, -0.05) is 12.1 Å². The van der Waals surface area contributed by atoms with E-state index >= 15 is 0 Å². The molecule has 1 aromatic heterocycles. The molecule has 0 saturated heterocycles. The molecule has 0 saturated carbocycles. The largest absolute Gasteiger partial charge is 0.387 e. The van der Waals surface area contributed by atoms with Gasteiger partial charge in [-0.3, -0.25) is 0 Å². The minimum atomic E-state index is -0.755. The minimum absolute atomic E-state index is 0.148. The van der Waals surface area contributed by atoms with Gasteiger partial charge in [-0.05, 0) is 66.3 Å². The molecule has 3 rings (SSSR count). The Bertz CT molecular complexity index is 914. The molecule has 5 nitrogen and oxygen atoms in total. The molecule has 0 spiro atoms. The van der Waals surface area contributed by atoms with Crippen LogP contribution in [0.25, 0.3) is 10.9 Å². The fraction of sp³-hybridized carbons (Fsp3) is 0.250. The van der Waals surface area contributed by atoms with Crippen molar-refractivity contribution in [1.82, 2.24) is 9.88 Å². The van der Waals surface area contributed by atoms with E-state index in [0.717, 1.165) is 27.7 Å². The zero-order chi connectivity index (χ0) is 18.0. The molecule has 130 valence electrons. The molecule has 0 unspecified atom stereocenters. The fourth-order valence-corrected chi connectivity index (χ4v) is 2.81. The summed E-state index contributed by atoms with van der Waals surface area (Å²) in [7, 11) is 1.98. The molecule has 25 heavy (non-hydrogen) atoms. The molecule has 0 bridgehead atoms. The Hall–Kier alpha value is -2.79. The first-order chi connectivity index (χ1) is 11.9. The first-order valence-corrected chi connectivity index (χ1v) is 8.29. The van der Waals surface area contributed by atoms with E-state index in [1.54, 1.807) is 0 Å². The summed E-state index contributed by atoms with van der Waals surface area (Å²) in [6.45, 7) is 4.18. The highest BCUT2D eigenvalue weighted by atomic mass is 16.3. The van der Waals surface area contributed by atoms with Crippen molar-refractivity contribution in [1.29, 1.82) is 0 Å². The summed E-state index contributed by atoms with van der Waals surface area (Å²) in [5.41, 5.74) is 4.93. The van der Waals surface area contributed by atoms with Gasteiger partial charge in [0.15, 0.2) is 0 Å². The number of carbonyl (C=O) groups is 1. The highest BCUT2D eigenvalue weighted by molar-refractivity contribution is 5.89. The number of hydrogen-bond donors (Lipinski definition) is 3. The van der Waals surface area contributed by atoms with Crippen molar-refractivity contribution in [3.8, 4) is 0 Å². The molecular weight excluding hydrogens is 314 g/mol. The third-order valence-electron chi connectivity index (χ3n) is 4.51. The Labute approximate surface area is 147 Å². The lowest BCUT2D eigenvalue weighted by Gasteiger charge is -2.14. The average molecular weight is 337 g/mol. The molecule has 5 heteroatoms. The lowest BCUT2D eigenvalue weighted by Crippen LogP contribution is -2.32. The van der Waals surface area contributed by atoms with Crippen LogP contribution in [0.3, 0.4) is 0 Å². The summed E-state index contributed by atoms with van der Waals surface area (Å²) >= 11 is 0. The maximum absolute atomic E-state index is 12.0. The number of anilines is 1. The lowest BCUT2D eigenvalue weighted by molar-refractivity contribution is 0.175. The third kappa shape index (κ3) is 3.83. The highest BCUT2D eigenvalue weighted by Crippen LogP contribution is 2.21. The van der Waals surface area contributed by atoms with E-state index in [4.69, 9.17) is 0 Å². The molecule has 0 aliphatic heterocycles. The van der Waals surface area contributed by atoms with Crippen LogP contribution >= 0.6 is 0 Å². The van der Waals surface area contributed by atoms with Gasteiger partial charge < -0.3 is 20.3 Å². The van der Waals surface area contributed by atoms with Crippen LogP contribution in [0.5, 0.6) is 0 Å². The van der Waals surface area contributed by atoms with Gasteiger partial charge >= 0.3 is 6.03 Å². The molecule has 0 fully saturated rings. The minimum Gasteiger partial charge on any atom is -0.387 e. The van der Waals surface area contributed by atoms with Gasteiger partial charge in [-0.15, -0.1) is 0 Å². The van der Waals surface area contributed by atoms with Crippen LogP contribution < -0.4 is 10.6 Å². The zero-order valence-electron chi connectivity index (χ0n) is 14.7. The normalized spacial score (nSPS) is 12.2. The van der Waals surface area contributed by atoms with E-state index in [2.05, 4.69) is 10.6 Å². The predicted molar refractivity (Wildman–Crippen MR) is 101 cm³/mol. The lowest BCUT2D eigenvalue weighted by atomic mass is 10.1. The number of aliphatic hydroxyl groups excluding tert-OH is 1. The van der Waals surface area contributed by atoms with Crippen molar-refractivity contribution < 1.29 is 9.90 Å². The molecule has 1 heterocycles. The Morgan fingerprint density at radius 3 is 2.68 bits per heavy atom. The molecule has 0 radical (unpaired) electrons. The van der Waals surface area contributed by atoms with E-state index in [9.17, 15) is 9.90 Å². The van der Waals surface area contributed by atoms with Gasteiger partial charge in [0.25, 0.3) is 0 Å². The Morgan fingerprint density at radius 1 is 1.12 bits per heavy atom. The Balaban J connectivity index is 1.59. The number of fused-ring (bicyclic) bond motifs is 1. The van der Waals surface area contributed by atoms with E-state index in [1.807, 2.05) is 74.1 Å². The van der Waals surface area contributed by atoms with Crippen LogP contribution in [0.1, 0.15) is 22.8 Å². The number of urea groups is 1. The number of benzene rings is 2. The maximum Gasteiger partial charge on any atom is 0.319 e. The fourth-order valence-electron chi connectivity index (χ4n) is 2.81. The highest BCUT2D eigenvalue weighted by Gasteiger charge is 2.11. The van der Waals surface area contributed by atoms with E-state index in [1.165, 1.54) is 5.56 Å². The number of aliphatic hydroxyl groups is 1.